The summed E-state index contributed by atoms with van der Waals surface area (Å²) >= 11 is 10.8. The molecular formula is C23H18ClN3O2S. The lowest BCUT2D eigenvalue weighted by Crippen LogP contribution is -2.48. The maximum absolute atomic E-state index is 12.3. The Morgan fingerprint density at radius 2 is 1.43 bits per heavy atom. The van der Waals surface area contributed by atoms with Crippen LogP contribution in [0.25, 0.3) is 17.2 Å². The van der Waals surface area contributed by atoms with Crippen LogP contribution < -0.4 is 16.2 Å². The molecule has 0 radical (unpaired) electrons. The Kier molecular flexibility index (Phi) is 7.32. The topological polar surface area (TPSA) is 70.2 Å². The standard InChI is InChI=1S/C23H18ClN3O2S/c24-20-13-6-16(7-14-20)8-15-21(28)25-23(30)27-26-22(29)19-11-9-18(10-12-19)17-4-2-1-3-5-17/h1-15H,(H,26,29)(H2,25,27,28,30)/b15-8+. The normalized spacial score (nSPS) is 10.4. The highest BCUT2D eigenvalue weighted by Crippen LogP contribution is 2.19. The quantitative estimate of drug-likeness (QED) is 0.323. The number of nitrogens with one attached hydrogen (secondary N) is 3. The van der Waals surface area contributed by atoms with Gasteiger partial charge in [0, 0.05) is 16.7 Å². The number of thiocarbonyl (C=S) groups is 1. The molecule has 7 heteroatoms. The summed E-state index contributed by atoms with van der Waals surface area (Å²) in [5.74, 6) is -0.799. The minimum absolute atomic E-state index is 0.0185. The summed E-state index contributed by atoms with van der Waals surface area (Å²) in [6.45, 7) is 0. The lowest BCUT2D eigenvalue weighted by molar-refractivity contribution is -0.115. The Labute approximate surface area is 184 Å². The Morgan fingerprint density at radius 3 is 2.10 bits per heavy atom. The van der Waals surface area contributed by atoms with Gasteiger partial charge in [-0.25, -0.2) is 0 Å². The van der Waals surface area contributed by atoms with Crippen molar-refractivity contribution in [1.29, 1.82) is 0 Å². The number of hydrazine groups is 1. The molecule has 0 aliphatic carbocycles. The number of hydrogen-bond acceptors (Lipinski definition) is 3. The van der Waals surface area contributed by atoms with E-state index in [1.54, 1.807) is 42.5 Å². The van der Waals surface area contributed by atoms with E-state index in [-0.39, 0.29) is 11.0 Å². The van der Waals surface area contributed by atoms with E-state index in [2.05, 4.69) is 16.2 Å². The molecule has 0 heterocycles. The van der Waals surface area contributed by atoms with Gasteiger partial charge in [0.1, 0.15) is 0 Å². The highest BCUT2D eigenvalue weighted by Gasteiger charge is 2.07. The van der Waals surface area contributed by atoms with Crippen molar-refractivity contribution in [2.24, 2.45) is 0 Å². The molecule has 3 rings (SSSR count). The van der Waals surface area contributed by atoms with E-state index in [9.17, 15) is 9.59 Å². The number of rotatable bonds is 4. The number of amides is 2. The van der Waals surface area contributed by atoms with Crippen molar-refractivity contribution in [3.8, 4) is 11.1 Å². The molecule has 0 aromatic heterocycles. The van der Waals surface area contributed by atoms with E-state index >= 15 is 0 Å². The third-order valence-corrected chi connectivity index (χ3v) is 4.53. The van der Waals surface area contributed by atoms with E-state index in [4.69, 9.17) is 23.8 Å². The van der Waals surface area contributed by atoms with E-state index in [0.29, 0.717) is 10.6 Å². The largest absolute Gasteiger partial charge is 0.298 e. The van der Waals surface area contributed by atoms with Gasteiger partial charge >= 0.3 is 0 Å². The van der Waals surface area contributed by atoms with Crippen LogP contribution in [0.1, 0.15) is 15.9 Å². The predicted octanol–water partition coefficient (Wildman–Crippen LogP) is 4.36. The van der Waals surface area contributed by atoms with E-state index in [1.807, 2.05) is 42.5 Å². The van der Waals surface area contributed by atoms with Gasteiger partial charge in [-0.15, -0.1) is 0 Å². The minimum Gasteiger partial charge on any atom is -0.298 e. The van der Waals surface area contributed by atoms with Gasteiger partial charge in [0.05, 0.1) is 0 Å². The van der Waals surface area contributed by atoms with Gasteiger partial charge in [0.25, 0.3) is 5.91 Å². The molecule has 0 saturated heterocycles. The molecule has 0 spiro atoms. The fourth-order valence-corrected chi connectivity index (χ4v) is 2.84. The molecule has 150 valence electrons. The van der Waals surface area contributed by atoms with Crippen molar-refractivity contribution < 1.29 is 9.59 Å². The van der Waals surface area contributed by atoms with Crippen LogP contribution in [0.2, 0.25) is 5.02 Å². The number of benzene rings is 3. The SMILES string of the molecule is O=C(/C=C/c1ccc(Cl)cc1)NC(=S)NNC(=O)c1ccc(-c2ccccc2)cc1. The molecule has 3 N–H and O–H groups in total. The lowest BCUT2D eigenvalue weighted by atomic mass is 10.0. The fourth-order valence-electron chi connectivity index (χ4n) is 2.56. The van der Waals surface area contributed by atoms with Crippen LogP contribution in [0, 0.1) is 0 Å². The minimum atomic E-state index is -0.427. The zero-order valence-electron chi connectivity index (χ0n) is 15.8. The molecule has 0 atom stereocenters. The molecule has 0 bridgehead atoms. The van der Waals surface area contributed by atoms with Crippen molar-refractivity contribution >= 4 is 46.8 Å². The molecule has 2 amide bonds. The Balaban J connectivity index is 1.47. The van der Waals surface area contributed by atoms with Crippen LogP contribution in [0.3, 0.4) is 0 Å². The highest BCUT2D eigenvalue weighted by atomic mass is 35.5. The summed E-state index contributed by atoms with van der Waals surface area (Å²) in [5.41, 5.74) is 8.33. The summed E-state index contributed by atoms with van der Waals surface area (Å²) in [4.78, 5) is 24.2. The molecule has 5 nitrogen and oxygen atoms in total. The van der Waals surface area contributed by atoms with Crippen LogP contribution in [0.5, 0.6) is 0 Å². The molecule has 3 aromatic carbocycles. The Hall–Kier alpha value is -3.48. The van der Waals surface area contributed by atoms with Crippen LogP contribution in [-0.4, -0.2) is 16.9 Å². The predicted molar refractivity (Wildman–Crippen MR) is 124 cm³/mol. The summed E-state index contributed by atoms with van der Waals surface area (Å²) in [6.07, 6.45) is 2.96. The first-order valence-electron chi connectivity index (χ1n) is 9.02. The van der Waals surface area contributed by atoms with E-state index in [1.165, 1.54) is 6.08 Å². The maximum atomic E-state index is 12.3. The van der Waals surface area contributed by atoms with Crippen molar-refractivity contribution in [2.45, 2.75) is 0 Å². The third kappa shape index (κ3) is 6.27. The monoisotopic (exact) mass is 435 g/mol. The second-order valence-corrected chi connectivity index (χ2v) is 7.07. The molecule has 0 aliphatic heterocycles. The first-order chi connectivity index (χ1) is 14.5. The molecule has 0 fully saturated rings. The van der Waals surface area contributed by atoms with Crippen LogP contribution >= 0.6 is 23.8 Å². The summed E-state index contributed by atoms with van der Waals surface area (Å²) in [6, 6.07) is 24.1. The molecule has 0 saturated carbocycles. The maximum Gasteiger partial charge on any atom is 0.269 e. The van der Waals surface area contributed by atoms with Crippen LogP contribution in [0.15, 0.2) is 84.9 Å². The third-order valence-electron chi connectivity index (χ3n) is 4.08. The molecule has 30 heavy (non-hydrogen) atoms. The first kappa shape index (κ1) is 21.2. The van der Waals surface area contributed by atoms with Crippen molar-refractivity contribution in [3.05, 3.63) is 101 Å². The van der Waals surface area contributed by atoms with Crippen LogP contribution in [-0.2, 0) is 4.79 Å². The molecule has 0 unspecified atom stereocenters. The van der Waals surface area contributed by atoms with Gasteiger partial charge in [-0.1, -0.05) is 66.2 Å². The number of halogens is 1. The van der Waals surface area contributed by atoms with Gasteiger partial charge in [-0.05, 0) is 59.2 Å². The van der Waals surface area contributed by atoms with Gasteiger partial charge in [0.2, 0.25) is 5.91 Å². The van der Waals surface area contributed by atoms with Crippen LogP contribution in [0.4, 0.5) is 0 Å². The summed E-state index contributed by atoms with van der Waals surface area (Å²) < 4.78 is 0. The number of carbonyl (C=O) groups is 2. The summed E-state index contributed by atoms with van der Waals surface area (Å²) in [7, 11) is 0. The van der Waals surface area contributed by atoms with E-state index < -0.39 is 5.91 Å². The highest BCUT2D eigenvalue weighted by molar-refractivity contribution is 7.80. The lowest BCUT2D eigenvalue weighted by Gasteiger charge is -2.10. The van der Waals surface area contributed by atoms with E-state index in [0.717, 1.165) is 16.7 Å². The average Bonchev–Trinajstić information content (AvgIpc) is 2.78. The average molecular weight is 436 g/mol. The molecule has 0 aliphatic rings. The second-order valence-electron chi connectivity index (χ2n) is 6.23. The Morgan fingerprint density at radius 1 is 0.800 bits per heavy atom. The van der Waals surface area contributed by atoms with Crippen molar-refractivity contribution in [3.63, 3.8) is 0 Å². The zero-order chi connectivity index (χ0) is 21.3. The smallest absolute Gasteiger partial charge is 0.269 e. The number of carbonyl (C=O) groups excluding carboxylic acids is 2. The molecular weight excluding hydrogens is 418 g/mol. The first-order valence-corrected chi connectivity index (χ1v) is 9.80. The van der Waals surface area contributed by atoms with Gasteiger partial charge in [-0.3, -0.25) is 25.8 Å². The number of hydrogen-bond donors (Lipinski definition) is 3. The second kappa shape index (κ2) is 10.3. The van der Waals surface area contributed by atoms with Crippen molar-refractivity contribution in [1.82, 2.24) is 16.2 Å². The van der Waals surface area contributed by atoms with Crippen molar-refractivity contribution in [2.75, 3.05) is 0 Å². The van der Waals surface area contributed by atoms with Gasteiger partial charge in [-0.2, -0.15) is 0 Å². The summed E-state index contributed by atoms with van der Waals surface area (Å²) in [5, 5.41) is 3.05. The molecule has 3 aromatic rings. The Bertz CT molecular complexity index is 1070. The zero-order valence-corrected chi connectivity index (χ0v) is 17.3. The van der Waals surface area contributed by atoms with Gasteiger partial charge in [0.15, 0.2) is 5.11 Å². The van der Waals surface area contributed by atoms with Gasteiger partial charge < -0.3 is 0 Å². The fraction of sp³-hybridized carbons (Fsp3) is 0.